The van der Waals surface area contributed by atoms with E-state index in [2.05, 4.69) is 132 Å². The molecule has 0 fully saturated rings. The van der Waals surface area contributed by atoms with Crippen LogP contribution in [0.25, 0.3) is 11.1 Å². The molecule has 0 aromatic heterocycles. The van der Waals surface area contributed by atoms with E-state index in [1.165, 1.54) is 35.1 Å². The minimum Gasteiger partial charge on any atom is -1.00 e. The molecule has 2 unspecified atom stereocenters. The summed E-state index contributed by atoms with van der Waals surface area (Å²) in [5.41, 5.74) is 14.7. The van der Waals surface area contributed by atoms with Crippen molar-refractivity contribution in [1.82, 2.24) is 0 Å². The molecule has 2 aromatic carbocycles. The smallest absolute Gasteiger partial charge is 1.00 e. The van der Waals surface area contributed by atoms with Crippen LogP contribution in [0.4, 0.5) is 0 Å². The van der Waals surface area contributed by atoms with Crippen LogP contribution in [0.1, 0.15) is 131 Å². The molecule has 0 N–H and O–H groups in total. The van der Waals surface area contributed by atoms with Gasteiger partial charge >= 0.3 is 26.2 Å². The molecular weight excluding hydrogens is 631 g/mol. The Morgan fingerprint density at radius 3 is 1.50 bits per heavy atom. The molecular formula is C39H54Cl2Zr. The summed E-state index contributed by atoms with van der Waals surface area (Å²) in [4.78, 5) is 0. The van der Waals surface area contributed by atoms with E-state index < -0.39 is 0 Å². The Hall–Kier alpha value is -0.617. The van der Waals surface area contributed by atoms with Crippen molar-refractivity contribution >= 4 is 0 Å². The zero-order chi connectivity index (χ0) is 28.9. The van der Waals surface area contributed by atoms with Crippen molar-refractivity contribution < 1.29 is 51.0 Å². The standard InChI is InChI=1S/C39H54.2ClH.Zr/c1-23(2)33-22-39(24(3)4,34-21-27(20-30(33)34)38(11,12)13)35-31-18-25(36(5,6)7)14-16-28(31)29-17-15-26(19-32(29)35)37(8,9)10;;;/h14-19,21,23-24,33,35H,20,22H2,1-13H3;2*1H;/q;;;+2/p-2. The van der Waals surface area contributed by atoms with Crippen molar-refractivity contribution in [2.24, 2.45) is 28.6 Å². The summed E-state index contributed by atoms with van der Waals surface area (Å²) in [5.74, 6) is 2.24. The summed E-state index contributed by atoms with van der Waals surface area (Å²) >= 11 is 0. The van der Waals surface area contributed by atoms with Crippen molar-refractivity contribution in [3.63, 3.8) is 0 Å². The predicted octanol–water partition coefficient (Wildman–Crippen LogP) is 5.39. The second-order valence-corrected chi connectivity index (χ2v) is 16.8. The third-order valence-corrected chi connectivity index (χ3v) is 10.6. The second kappa shape index (κ2) is 12.3. The van der Waals surface area contributed by atoms with E-state index in [0.717, 1.165) is 0 Å². The van der Waals surface area contributed by atoms with E-state index in [1.54, 1.807) is 27.8 Å². The van der Waals surface area contributed by atoms with Crippen molar-refractivity contribution in [3.05, 3.63) is 81.4 Å². The van der Waals surface area contributed by atoms with Gasteiger partial charge in [-0.25, -0.2) is 0 Å². The molecule has 0 heterocycles. The van der Waals surface area contributed by atoms with Gasteiger partial charge in [0.1, 0.15) is 0 Å². The zero-order valence-electron chi connectivity index (χ0n) is 28.5. The van der Waals surface area contributed by atoms with Gasteiger partial charge in [0, 0.05) is 11.3 Å². The molecule has 3 aliphatic carbocycles. The van der Waals surface area contributed by atoms with Crippen LogP contribution in [0.15, 0.2) is 59.2 Å². The first-order valence-electron chi connectivity index (χ1n) is 15.6. The Bertz CT molecular complexity index is 1310. The van der Waals surface area contributed by atoms with Gasteiger partial charge in [0.25, 0.3) is 0 Å². The molecule has 228 valence electrons. The summed E-state index contributed by atoms with van der Waals surface area (Å²) in [6, 6.07) is 14.9. The Kier molecular flexibility index (Phi) is 11.0. The maximum absolute atomic E-state index is 2.69. The molecule has 42 heavy (non-hydrogen) atoms. The van der Waals surface area contributed by atoms with Crippen molar-refractivity contribution in [2.75, 3.05) is 0 Å². The number of hydrogen-bond donors (Lipinski definition) is 0. The van der Waals surface area contributed by atoms with Crippen molar-refractivity contribution in [2.45, 2.75) is 120 Å². The summed E-state index contributed by atoms with van der Waals surface area (Å²) in [6.45, 7) is 31.4. The van der Waals surface area contributed by atoms with Gasteiger partial charge in [-0.3, -0.25) is 0 Å². The van der Waals surface area contributed by atoms with Crippen LogP contribution in [0.5, 0.6) is 0 Å². The van der Waals surface area contributed by atoms with Crippen molar-refractivity contribution in [1.29, 1.82) is 0 Å². The number of allylic oxidation sites excluding steroid dienone is 4. The number of rotatable bonds is 3. The first kappa shape index (κ1) is 37.6. The largest absolute Gasteiger partial charge is 2.00 e. The van der Waals surface area contributed by atoms with Crippen LogP contribution in [0.2, 0.25) is 0 Å². The molecule has 0 aliphatic heterocycles. The Balaban J connectivity index is 0.00000205. The number of hydrogen-bond acceptors (Lipinski definition) is 0. The molecule has 0 spiro atoms. The van der Waals surface area contributed by atoms with E-state index in [1.807, 2.05) is 0 Å². The first-order chi connectivity index (χ1) is 17.9. The molecule has 5 rings (SSSR count). The third-order valence-electron chi connectivity index (χ3n) is 10.6. The fourth-order valence-corrected chi connectivity index (χ4v) is 8.00. The van der Waals surface area contributed by atoms with Crippen molar-refractivity contribution in [3.8, 4) is 11.1 Å². The van der Waals surface area contributed by atoms with Gasteiger partial charge in [0.2, 0.25) is 0 Å². The van der Waals surface area contributed by atoms with Gasteiger partial charge in [-0.2, -0.15) is 0 Å². The number of halogens is 2. The summed E-state index contributed by atoms with van der Waals surface area (Å²) in [6.07, 6.45) is 5.13. The molecule has 2 atom stereocenters. The topological polar surface area (TPSA) is 0 Å². The van der Waals surface area contributed by atoms with Crippen LogP contribution in [0, 0.1) is 28.6 Å². The first-order valence-corrected chi connectivity index (χ1v) is 15.6. The summed E-state index contributed by atoms with van der Waals surface area (Å²) in [7, 11) is 0. The maximum Gasteiger partial charge on any atom is 2.00 e. The summed E-state index contributed by atoms with van der Waals surface area (Å²) in [5, 5.41) is 0. The number of fused-ring (bicyclic) bond motifs is 3. The normalized spacial score (nSPS) is 21.9. The van der Waals surface area contributed by atoms with Gasteiger partial charge in [-0.15, -0.1) is 0 Å². The van der Waals surface area contributed by atoms with Crippen LogP contribution in [-0.4, -0.2) is 0 Å². The monoisotopic (exact) mass is 682 g/mol. The maximum atomic E-state index is 2.69. The van der Waals surface area contributed by atoms with Crippen LogP contribution < -0.4 is 24.8 Å². The van der Waals surface area contributed by atoms with E-state index in [-0.39, 0.29) is 72.7 Å². The fourth-order valence-electron chi connectivity index (χ4n) is 8.00. The molecule has 0 bridgehead atoms. The molecule has 3 aliphatic rings. The third kappa shape index (κ3) is 5.99. The molecule has 0 radical (unpaired) electrons. The SMILES string of the molecule is CC(C)C1CC(C(C)C)(C2c3cc(C(C)(C)C)ccc3-c3ccc(C(C)(C)C)cc32)C2=C1CC(C(C)(C)C)=C2.[Cl-].[Cl-].[Zr+2]. The summed E-state index contributed by atoms with van der Waals surface area (Å²) < 4.78 is 0. The zero-order valence-corrected chi connectivity index (χ0v) is 32.5. The Labute approximate surface area is 289 Å². The van der Waals surface area contributed by atoms with Crippen LogP contribution in [-0.2, 0) is 37.0 Å². The van der Waals surface area contributed by atoms with Gasteiger partial charge < -0.3 is 24.8 Å². The minimum absolute atomic E-state index is 0. The molecule has 0 saturated heterocycles. The van der Waals surface area contributed by atoms with E-state index in [9.17, 15) is 0 Å². The van der Waals surface area contributed by atoms with E-state index in [4.69, 9.17) is 0 Å². The van der Waals surface area contributed by atoms with E-state index >= 15 is 0 Å². The molecule has 2 aromatic rings. The Morgan fingerprint density at radius 2 is 1.14 bits per heavy atom. The number of benzene rings is 2. The predicted molar refractivity (Wildman–Crippen MR) is 171 cm³/mol. The van der Waals surface area contributed by atoms with Crippen LogP contribution in [0.3, 0.4) is 0 Å². The average Bonchev–Trinajstić information content (AvgIpc) is 3.46. The van der Waals surface area contributed by atoms with Gasteiger partial charge in [-0.1, -0.05) is 144 Å². The molecule has 0 nitrogen and oxygen atoms in total. The average molecular weight is 685 g/mol. The second-order valence-electron chi connectivity index (χ2n) is 16.8. The van der Waals surface area contributed by atoms with Gasteiger partial charge in [-0.05, 0) is 85.8 Å². The minimum atomic E-state index is 0. The fraction of sp³-hybridized carbons (Fsp3) is 0.590. The van der Waals surface area contributed by atoms with Gasteiger partial charge in [0.05, 0.1) is 0 Å². The van der Waals surface area contributed by atoms with E-state index in [0.29, 0.717) is 23.7 Å². The molecule has 0 amide bonds. The Morgan fingerprint density at radius 1 is 0.690 bits per heavy atom. The quantitative estimate of drug-likeness (QED) is 0.407. The molecule has 0 saturated carbocycles. The van der Waals surface area contributed by atoms with Crippen LogP contribution >= 0.6 is 0 Å². The van der Waals surface area contributed by atoms with Gasteiger partial charge in [0.15, 0.2) is 0 Å². The molecule has 3 heteroatoms.